The van der Waals surface area contributed by atoms with Crippen molar-refractivity contribution in [3.63, 3.8) is 0 Å². The predicted octanol–water partition coefficient (Wildman–Crippen LogP) is 2.04. The van der Waals surface area contributed by atoms with Gasteiger partial charge in [-0.25, -0.2) is 4.98 Å². The van der Waals surface area contributed by atoms with Crippen LogP contribution in [0.2, 0.25) is 4.34 Å². The average molecular weight is 306 g/mol. The molecule has 0 radical (unpaired) electrons. The third-order valence-electron chi connectivity index (χ3n) is 2.40. The topological polar surface area (TPSA) is 68.0 Å². The molecule has 0 fully saturated rings. The van der Waals surface area contributed by atoms with Crippen LogP contribution in [0.3, 0.4) is 0 Å². The summed E-state index contributed by atoms with van der Waals surface area (Å²) in [6.07, 6.45) is 1.56. The number of nitrogens with zero attached hydrogens (tertiary/aromatic N) is 1. The summed E-state index contributed by atoms with van der Waals surface area (Å²) in [6, 6.07) is 7.15. The summed E-state index contributed by atoms with van der Waals surface area (Å²) < 4.78 is 0.696. The molecule has 0 aromatic carbocycles. The number of halogens is 1. The molecule has 2 aromatic heterocycles. The van der Waals surface area contributed by atoms with Crippen molar-refractivity contribution in [2.24, 2.45) is 5.73 Å². The Morgan fingerprint density at radius 1 is 1.45 bits per heavy atom. The summed E-state index contributed by atoms with van der Waals surface area (Å²) in [5.74, 6) is 5.29. The van der Waals surface area contributed by atoms with Gasteiger partial charge < -0.3 is 11.1 Å². The average Bonchev–Trinajstić information content (AvgIpc) is 2.88. The Labute approximate surface area is 126 Å². The lowest BCUT2D eigenvalue weighted by atomic mass is 10.2. The fraction of sp³-hybridized carbons (Fsp3) is 0.143. The smallest absolute Gasteiger partial charge is 0.271 e. The van der Waals surface area contributed by atoms with Crippen LogP contribution in [0.5, 0.6) is 0 Å². The van der Waals surface area contributed by atoms with E-state index in [2.05, 4.69) is 22.1 Å². The summed E-state index contributed by atoms with van der Waals surface area (Å²) in [5, 5.41) is 2.80. The van der Waals surface area contributed by atoms with E-state index in [9.17, 15) is 4.79 Å². The van der Waals surface area contributed by atoms with Crippen molar-refractivity contribution in [1.29, 1.82) is 0 Å². The van der Waals surface area contributed by atoms with E-state index >= 15 is 0 Å². The van der Waals surface area contributed by atoms with Gasteiger partial charge in [0, 0.05) is 11.1 Å². The number of aromatic nitrogens is 1. The molecule has 3 N–H and O–H groups in total. The van der Waals surface area contributed by atoms with E-state index < -0.39 is 0 Å². The van der Waals surface area contributed by atoms with Crippen molar-refractivity contribution in [3.05, 3.63) is 50.9 Å². The second-order valence-corrected chi connectivity index (χ2v) is 5.59. The van der Waals surface area contributed by atoms with Crippen molar-refractivity contribution < 1.29 is 4.79 Å². The molecule has 0 aliphatic rings. The van der Waals surface area contributed by atoms with Gasteiger partial charge in [-0.05, 0) is 24.3 Å². The summed E-state index contributed by atoms with van der Waals surface area (Å²) >= 11 is 7.27. The molecule has 4 nitrogen and oxygen atoms in total. The van der Waals surface area contributed by atoms with E-state index in [1.54, 1.807) is 24.4 Å². The highest BCUT2D eigenvalue weighted by Crippen LogP contribution is 2.21. The Morgan fingerprint density at radius 2 is 2.30 bits per heavy atom. The number of amides is 1. The zero-order valence-electron chi connectivity index (χ0n) is 10.5. The maximum Gasteiger partial charge on any atom is 0.271 e. The van der Waals surface area contributed by atoms with Crippen LogP contribution in [0.25, 0.3) is 0 Å². The quantitative estimate of drug-likeness (QED) is 0.853. The molecule has 0 bridgehead atoms. The van der Waals surface area contributed by atoms with Gasteiger partial charge in [0.1, 0.15) is 5.69 Å². The number of hydrogen-bond donors (Lipinski definition) is 2. The van der Waals surface area contributed by atoms with E-state index in [4.69, 9.17) is 17.3 Å². The van der Waals surface area contributed by atoms with Crippen LogP contribution in [0, 0.1) is 11.8 Å². The second-order valence-electron chi connectivity index (χ2n) is 3.79. The number of rotatable bonds is 3. The first kappa shape index (κ1) is 14.5. The monoisotopic (exact) mass is 305 g/mol. The van der Waals surface area contributed by atoms with Crippen LogP contribution in [0.15, 0.2) is 30.5 Å². The first-order valence-corrected chi connectivity index (χ1v) is 7.06. The highest BCUT2D eigenvalue weighted by molar-refractivity contribution is 7.16. The Kier molecular flexibility index (Phi) is 5.13. The number of carbonyl (C=O) groups is 1. The molecular weight excluding hydrogens is 294 g/mol. The predicted molar refractivity (Wildman–Crippen MR) is 80.7 cm³/mol. The van der Waals surface area contributed by atoms with Crippen molar-refractivity contribution in [2.75, 3.05) is 6.54 Å². The minimum Gasteiger partial charge on any atom is -0.346 e. The number of thiophene rings is 1. The fourth-order valence-corrected chi connectivity index (χ4v) is 2.56. The molecule has 0 saturated carbocycles. The van der Waals surface area contributed by atoms with Crippen molar-refractivity contribution in [3.8, 4) is 11.8 Å². The molecule has 20 heavy (non-hydrogen) atoms. The van der Waals surface area contributed by atoms with Gasteiger partial charge in [-0.2, -0.15) is 0 Å². The lowest BCUT2D eigenvalue weighted by Crippen LogP contribution is -2.24. The van der Waals surface area contributed by atoms with Crippen LogP contribution >= 0.6 is 22.9 Å². The van der Waals surface area contributed by atoms with Gasteiger partial charge in [-0.15, -0.1) is 11.3 Å². The first-order valence-electron chi connectivity index (χ1n) is 5.87. The zero-order valence-corrected chi connectivity index (χ0v) is 12.1. The van der Waals surface area contributed by atoms with Crippen LogP contribution in [-0.2, 0) is 6.54 Å². The van der Waals surface area contributed by atoms with Crippen molar-refractivity contribution >= 4 is 28.8 Å². The number of carbonyl (C=O) groups excluding carboxylic acids is 1. The van der Waals surface area contributed by atoms with E-state index in [0.29, 0.717) is 22.1 Å². The molecular formula is C14H12ClN3OS. The maximum atomic E-state index is 12.1. The van der Waals surface area contributed by atoms with Crippen LogP contribution < -0.4 is 11.1 Å². The molecule has 0 spiro atoms. The molecule has 2 rings (SSSR count). The summed E-state index contributed by atoms with van der Waals surface area (Å²) in [4.78, 5) is 17.2. The van der Waals surface area contributed by atoms with Gasteiger partial charge in [0.15, 0.2) is 0 Å². The first-order chi connectivity index (χ1) is 9.70. The SMILES string of the molecule is NCC#Cc1cccnc1C(=O)NCc1ccc(Cl)s1. The van der Waals surface area contributed by atoms with Crippen LogP contribution in [0.4, 0.5) is 0 Å². The van der Waals surface area contributed by atoms with Gasteiger partial charge in [0.05, 0.1) is 23.0 Å². The third kappa shape index (κ3) is 3.81. The third-order valence-corrected chi connectivity index (χ3v) is 3.63. The molecule has 0 atom stereocenters. The van der Waals surface area contributed by atoms with Gasteiger partial charge in [-0.3, -0.25) is 4.79 Å². The standard InChI is InChI=1S/C14H12ClN3OS/c15-12-6-5-11(20-12)9-18-14(19)13-10(3-1-7-16)4-2-8-17-13/h2,4-6,8H,7,9,16H2,(H,18,19). The number of nitrogens with two attached hydrogens (primary N) is 1. The number of nitrogens with one attached hydrogen (secondary N) is 1. The molecule has 0 saturated heterocycles. The molecule has 2 aromatic rings. The van der Waals surface area contributed by atoms with Gasteiger partial charge in [0.2, 0.25) is 0 Å². The van der Waals surface area contributed by atoms with E-state index in [1.165, 1.54) is 11.3 Å². The second kappa shape index (κ2) is 7.06. The lowest BCUT2D eigenvalue weighted by molar-refractivity contribution is 0.0946. The lowest BCUT2D eigenvalue weighted by Gasteiger charge is -2.04. The Hall–Kier alpha value is -1.87. The summed E-state index contributed by atoms with van der Waals surface area (Å²) in [5.41, 5.74) is 6.20. The van der Waals surface area contributed by atoms with Gasteiger partial charge in [0.25, 0.3) is 5.91 Å². The summed E-state index contributed by atoms with van der Waals surface area (Å²) in [7, 11) is 0. The largest absolute Gasteiger partial charge is 0.346 e. The van der Waals surface area contributed by atoms with Crippen molar-refractivity contribution in [2.45, 2.75) is 6.54 Å². The maximum absolute atomic E-state index is 12.1. The Morgan fingerprint density at radius 3 is 3.00 bits per heavy atom. The fourth-order valence-electron chi connectivity index (χ4n) is 1.53. The van der Waals surface area contributed by atoms with E-state index in [-0.39, 0.29) is 12.5 Å². The van der Waals surface area contributed by atoms with Gasteiger partial charge in [-0.1, -0.05) is 23.4 Å². The molecule has 0 unspecified atom stereocenters. The van der Waals surface area contributed by atoms with E-state index in [0.717, 1.165) is 4.88 Å². The zero-order chi connectivity index (χ0) is 14.4. The van der Waals surface area contributed by atoms with Gasteiger partial charge >= 0.3 is 0 Å². The van der Waals surface area contributed by atoms with Crippen LogP contribution in [-0.4, -0.2) is 17.4 Å². The number of pyridine rings is 1. The molecule has 102 valence electrons. The Bertz CT molecular complexity index is 672. The molecule has 6 heteroatoms. The summed E-state index contributed by atoms with van der Waals surface area (Å²) in [6.45, 7) is 0.653. The highest BCUT2D eigenvalue weighted by Gasteiger charge is 2.11. The minimum absolute atomic E-state index is 0.240. The Balaban J connectivity index is 2.09. The molecule has 0 aliphatic carbocycles. The normalized spacial score (nSPS) is 9.70. The van der Waals surface area contributed by atoms with E-state index in [1.807, 2.05) is 6.07 Å². The van der Waals surface area contributed by atoms with Crippen LogP contribution in [0.1, 0.15) is 20.9 Å². The molecule has 2 heterocycles. The minimum atomic E-state index is -0.267. The number of hydrogen-bond acceptors (Lipinski definition) is 4. The highest BCUT2D eigenvalue weighted by atomic mass is 35.5. The molecule has 1 amide bonds. The van der Waals surface area contributed by atoms with Crippen molar-refractivity contribution in [1.82, 2.24) is 10.3 Å². The molecule has 0 aliphatic heterocycles.